The molecule has 1 atom stereocenters. The summed E-state index contributed by atoms with van der Waals surface area (Å²) >= 11 is 0. The van der Waals surface area contributed by atoms with E-state index in [0.717, 1.165) is 19.4 Å². The van der Waals surface area contributed by atoms with Crippen LogP contribution in [0.4, 0.5) is 0 Å². The van der Waals surface area contributed by atoms with Gasteiger partial charge in [0, 0.05) is 12.1 Å². The van der Waals surface area contributed by atoms with E-state index < -0.39 is 5.54 Å². The van der Waals surface area contributed by atoms with Crippen LogP contribution in [0.5, 0.6) is 0 Å². The third-order valence-corrected chi connectivity index (χ3v) is 3.90. The highest BCUT2D eigenvalue weighted by Crippen LogP contribution is 2.15. The fourth-order valence-corrected chi connectivity index (χ4v) is 2.68. The number of hydrogen-bond donors (Lipinski definition) is 2. The Morgan fingerprint density at radius 2 is 1.84 bits per heavy atom. The minimum Gasteiger partial charge on any atom is -0.368 e. The Morgan fingerprint density at radius 3 is 2.21 bits per heavy atom. The normalized spacial score (nSPS) is 15.2. The van der Waals surface area contributed by atoms with Crippen molar-refractivity contribution in [1.29, 1.82) is 0 Å². The monoisotopic (exact) mass is 271 g/mol. The first-order chi connectivity index (χ1) is 8.76. The van der Waals surface area contributed by atoms with Crippen molar-refractivity contribution in [1.82, 2.24) is 10.2 Å². The van der Waals surface area contributed by atoms with E-state index in [1.807, 2.05) is 20.8 Å². The van der Waals surface area contributed by atoms with Gasteiger partial charge in [0.25, 0.3) is 0 Å². The molecule has 0 radical (unpaired) electrons. The molecule has 4 heteroatoms. The van der Waals surface area contributed by atoms with Crippen molar-refractivity contribution in [3.63, 3.8) is 0 Å². The summed E-state index contributed by atoms with van der Waals surface area (Å²) in [5, 5.41) is 3.29. The maximum Gasteiger partial charge on any atom is 0.237 e. The van der Waals surface area contributed by atoms with Crippen molar-refractivity contribution in [2.24, 2.45) is 5.73 Å². The first-order valence-electron chi connectivity index (χ1n) is 7.54. The summed E-state index contributed by atoms with van der Waals surface area (Å²) in [4.78, 5) is 14.0. The molecule has 0 fully saturated rings. The van der Waals surface area contributed by atoms with Gasteiger partial charge in [0.15, 0.2) is 0 Å². The zero-order valence-electron chi connectivity index (χ0n) is 13.6. The second-order valence-electron chi connectivity index (χ2n) is 6.05. The Bertz CT molecular complexity index is 264. The molecule has 0 aromatic heterocycles. The fourth-order valence-electron chi connectivity index (χ4n) is 2.68. The maximum atomic E-state index is 11.6. The molecule has 1 unspecified atom stereocenters. The lowest BCUT2D eigenvalue weighted by molar-refractivity contribution is -0.124. The number of nitrogens with two attached hydrogens (primary N) is 1. The van der Waals surface area contributed by atoms with Crippen molar-refractivity contribution < 1.29 is 4.79 Å². The average molecular weight is 271 g/mol. The van der Waals surface area contributed by atoms with E-state index in [2.05, 4.69) is 31.1 Å². The summed E-state index contributed by atoms with van der Waals surface area (Å²) < 4.78 is 0. The molecular formula is C15H33N3O. The Morgan fingerprint density at radius 1 is 1.32 bits per heavy atom. The van der Waals surface area contributed by atoms with Crippen LogP contribution in [0.1, 0.15) is 60.3 Å². The number of carbonyl (C=O) groups excluding carboxylic acids is 1. The number of primary amides is 1. The van der Waals surface area contributed by atoms with Crippen molar-refractivity contribution in [2.75, 3.05) is 13.6 Å². The largest absolute Gasteiger partial charge is 0.368 e. The average Bonchev–Trinajstić information content (AvgIpc) is 2.29. The van der Waals surface area contributed by atoms with Gasteiger partial charge in [-0.05, 0) is 60.0 Å². The van der Waals surface area contributed by atoms with Gasteiger partial charge < -0.3 is 16.0 Å². The van der Waals surface area contributed by atoms with Gasteiger partial charge in [-0.1, -0.05) is 13.8 Å². The van der Waals surface area contributed by atoms with Crippen molar-refractivity contribution in [2.45, 2.75) is 77.9 Å². The van der Waals surface area contributed by atoms with E-state index in [9.17, 15) is 4.79 Å². The number of rotatable bonds is 10. The Balaban J connectivity index is 4.31. The lowest BCUT2D eigenvalue weighted by Gasteiger charge is -2.32. The molecule has 0 saturated heterocycles. The predicted octanol–water partition coefficient (Wildman–Crippen LogP) is 2.13. The minimum absolute atomic E-state index is 0.258. The molecule has 4 nitrogen and oxygen atoms in total. The lowest BCUT2D eigenvalue weighted by Crippen LogP contribution is -2.55. The Hall–Kier alpha value is -0.610. The van der Waals surface area contributed by atoms with Crippen LogP contribution in [-0.2, 0) is 4.79 Å². The van der Waals surface area contributed by atoms with Gasteiger partial charge in [-0.25, -0.2) is 0 Å². The first-order valence-corrected chi connectivity index (χ1v) is 7.54. The molecule has 3 N–H and O–H groups in total. The van der Waals surface area contributed by atoms with Crippen molar-refractivity contribution in [3.8, 4) is 0 Å². The summed E-state index contributed by atoms with van der Waals surface area (Å²) in [6.45, 7) is 11.4. The van der Waals surface area contributed by atoms with Crippen LogP contribution in [-0.4, -0.2) is 42.0 Å². The topological polar surface area (TPSA) is 58.4 Å². The Kier molecular flexibility index (Phi) is 8.26. The van der Waals surface area contributed by atoms with E-state index in [0.29, 0.717) is 6.04 Å². The SMILES string of the molecule is CCC(CC)N(C)CCCC(C)(NC(C)C)C(N)=O. The molecule has 0 spiro atoms. The quantitative estimate of drug-likeness (QED) is 0.640. The molecule has 0 heterocycles. The molecular weight excluding hydrogens is 238 g/mol. The van der Waals surface area contributed by atoms with E-state index in [-0.39, 0.29) is 11.9 Å². The lowest BCUT2D eigenvalue weighted by atomic mass is 9.93. The number of nitrogens with one attached hydrogen (secondary N) is 1. The second kappa shape index (κ2) is 8.54. The molecule has 0 aromatic carbocycles. The van der Waals surface area contributed by atoms with Crippen LogP contribution >= 0.6 is 0 Å². The van der Waals surface area contributed by atoms with Crippen molar-refractivity contribution >= 4 is 5.91 Å². The van der Waals surface area contributed by atoms with Crippen LogP contribution in [0.25, 0.3) is 0 Å². The molecule has 0 bridgehead atoms. The van der Waals surface area contributed by atoms with Crippen LogP contribution in [0.2, 0.25) is 0 Å². The molecule has 0 aliphatic rings. The number of nitrogens with zero attached hydrogens (tertiary/aromatic N) is 1. The summed E-state index contributed by atoms with van der Waals surface area (Å²) in [5.41, 5.74) is 4.94. The van der Waals surface area contributed by atoms with Gasteiger partial charge in [-0.2, -0.15) is 0 Å². The van der Waals surface area contributed by atoms with Gasteiger partial charge in [-0.15, -0.1) is 0 Å². The molecule has 114 valence electrons. The van der Waals surface area contributed by atoms with Gasteiger partial charge in [-0.3, -0.25) is 4.79 Å². The van der Waals surface area contributed by atoms with Gasteiger partial charge in [0.2, 0.25) is 5.91 Å². The molecule has 0 saturated carbocycles. The third-order valence-electron chi connectivity index (χ3n) is 3.90. The highest BCUT2D eigenvalue weighted by molar-refractivity contribution is 5.84. The Labute approximate surface area is 119 Å². The summed E-state index contributed by atoms with van der Waals surface area (Å²) in [6.07, 6.45) is 4.10. The predicted molar refractivity (Wildman–Crippen MR) is 82.1 cm³/mol. The van der Waals surface area contributed by atoms with Crippen LogP contribution < -0.4 is 11.1 Å². The summed E-state index contributed by atoms with van der Waals surface area (Å²) in [6, 6.07) is 0.896. The van der Waals surface area contributed by atoms with Crippen LogP contribution in [0.3, 0.4) is 0 Å². The molecule has 0 aromatic rings. The summed E-state index contributed by atoms with van der Waals surface area (Å²) in [5.74, 6) is -0.258. The molecule has 0 aliphatic carbocycles. The summed E-state index contributed by atoms with van der Waals surface area (Å²) in [7, 11) is 2.16. The van der Waals surface area contributed by atoms with E-state index in [1.54, 1.807) is 0 Å². The molecule has 1 amide bonds. The van der Waals surface area contributed by atoms with E-state index >= 15 is 0 Å². The first kappa shape index (κ1) is 18.4. The second-order valence-corrected chi connectivity index (χ2v) is 6.05. The molecule has 19 heavy (non-hydrogen) atoms. The van der Waals surface area contributed by atoms with E-state index in [4.69, 9.17) is 5.73 Å². The van der Waals surface area contributed by atoms with Crippen molar-refractivity contribution in [3.05, 3.63) is 0 Å². The van der Waals surface area contributed by atoms with E-state index in [1.165, 1.54) is 12.8 Å². The standard InChI is InChI=1S/C15H33N3O/c1-7-13(8-2)18(6)11-9-10-15(5,14(16)19)17-12(3)4/h12-13,17H,7-11H2,1-6H3,(H2,16,19). The zero-order valence-corrected chi connectivity index (χ0v) is 13.6. The van der Waals surface area contributed by atoms with Crippen LogP contribution in [0, 0.1) is 0 Å². The highest BCUT2D eigenvalue weighted by Gasteiger charge is 2.30. The minimum atomic E-state index is -0.594. The van der Waals surface area contributed by atoms with Gasteiger partial charge in [0.1, 0.15) is 0 Å². The van der Waals surface area contributed by atoms with Gasteiger partial charge >= 0.3 is 0 Å². The number of carbonyl (C=O) groups is 1. The zero-order chi connectivity index (χ0) is 15.1. The molecule has 0 aliphatic heterocycles. The van der Waals surface area contributed by atoms with Gasteiger partial charge in [0.05, 0.1) is 5.54 Å². The number of amides is 1. The fraction of sp³-hybridized carbons (Fsp3) is 0.933. The maximum absolute atomic E-state index is 11.6. The highest BCUT2D eigenvalue weighted by atomic mass is 16.1. The number of hydrogen-bond acceptors (Lipinski definition) is 3. The van der Waals surface area contributed by atoms with Crippen LogP contribution in [0.15, 0.2) is 0 Å². The smallest absolute Gasteiger partial charge is 0.237 e. The molecule has 0 rings (SSSR count). The third kappa shape index (κ3) is 6.39.